The first kappa shape index (κ1) is 17.8. The van der Waals surface area contributed by atoms with Crippen LogP contribution in [0, 0.1) is 0 Å². The Labute approximate surface area is 138 Å². The Morgan fingerprint density at radius 2 is 1.54 bits per heavy atom. The van der Waals surface area contributed by atoms with Crippen LogP contribution < -0.4 is 10.6 Å². The molecular formula is C18H19F3N2O. The van der Waals surface area contributed by atoms with E-state index >= 15 is 0 Å². The van der Waals surface area contributed by atoms with Crippen molar-refractivity contribution in [3.05, 3.63) is 59.7 Å². The SMILES string of the molecule is CCc1ccc(NCCC(=O)Nc2ccc(C(F)(F)F)cc2)cc1. The van der Waals surface area contributed by atoms with Gasteiger partial charge in [-0.15, -0.1) is 0 Å². The molecule has 6 heteroatoms. The minimum Gasteiger partial charge on any atom is -0.385 e. The molecule has 0 fully saturated rings. The molecule has 2 rings (SSSR count). The quantitative estimate of drug-likeness (QED) is 0.802. The van der Waals surface area contributed by atoms with Crippen molar-refractivity contribution < 1.29 is 18.0 Å². The van der Waals surface area contributed by atoms with E-state index in [9.17, 15) is 18.0 Å². The zero-order valence-electron chi connectivity index (χ0n) is 13.3. The molecule has 2 aromatic carbocycles. The number of rotatable bonds is 6. The standard InChI is InChI=1S/C18H19F3N2O/c1-2-13-3-7-15(8-4-13)22-12-11-17(24)23-16-9-5-14(6-10-16)18(19,20)21/h3-10,22H,2,11-12H2,1H3,(H,23,24). The van der Waals surface area contributed by atoms with Crippen LogP contribution >= 0.6 is 0 Å². The lowest BCUT2D eigenvalue weighted by molar-refractivity contribution is -0.137. The monoisotopic (exact) mass is 336 g/mol. The normalized spacial score (nSPS) is 11.2. The van der Waals surface area contributed by atoms with E-state index in [-0.39, 0.29) is 12.3 Å². The molecular weight excluding hydrogens is 317 g/mol. The van der Waals surface area contributed by atoms with Crippen molar-refractivity contribution in [2.45, 2.75) is 25.9 Å². The van der Waals surface area contributed by atoms with Gasteiger partial charge in [-0.3, -0.25) is 4.79 Å². The average molecular weight is 336 g/mol. The fourth-order valence-electron chi connectivity index (χ4n) is 2.14. The zero-order chi connectivity index (χ0) is 17.6. The van der Waals surface area contributed by atoms with Gasteiger partial charge in [-0.2, -0.15) is 13.2 Å². The number of anilines is 2. The lowest BCUT2D eigenvalue weighted by Crippen LogP contribution is -2.16. The topological polar surface area (TPSA) is 41.1 Å². The summed E-state index contributed by atoms with van der Waals surface area (Å²) in [7, 11) is 0. The first-order chi connectivity index (χ1) is 11.4. The van der Waals surface area contributed by atoms with Crippen LogP contribution in [0.1, 0.15) is 24.5 Å². The highest BCUT2D eigenvalue weighted by atomic mass is 19.4. The number of hydrogen-bond acceptors (Lipinski definition) is 2. The number of hydrogen-bond donors (Lipinski definition) is 2. The Morgan fingerprint density at radius 3 is 2.08 bits per heavy atom. The van der Waals surface area contributed by atoms with Crippen molar-refractivity contribution in [2.75, 3.05) is 17.2 Å². The Kier molecular flexibility index (Phi) is 5.84. The van der Waals surface area contributed by atoms with Gasteiger partial charge in [0.25, 0.3) is 0 Å². The maximum Gasteiger partial charge on any atom is 0.416 e. The summed E-state index contributed by atoms with van der Waals surface area (Å²) in [5.74, 6) is -0.257. The van der Waals surface area contributed by atoms with Crippen LogP contribution in [-0.4, -0.2) is 12.5 Å². The molecule has 0 aliphatic rings. The lowest BCUT2D eigenvalue weighted by atomic mass is 10.1. The number of halogens is 3. The van der Waals surface area contributed by atoms with Crippen molar-refractivity contribution >= 4 is 17.3 Å². The summed E-state index contributed by atoms with van der Waals surface area (Å²) in [5.41, 5.74) is 1.77. The van der Waals surface area contributed by atoms with Gasteiger partial charge in [0.2, 0.25) is 5.91 Å². The molecule has 128 valence electrons. The third-order valence-electron chi connectivity index (χ3n) is 3.54. The van der Waals surface area contributed by atoms with Gasteiger partial charge >= 0.3 is 6.18 Å². The molecule has 0 heterocycles. The number of amides is 1. The van der Waals surface area contributed by atoms with Gasteiger partial charge in [0, 0.05) is 24.3 Å². The fourth-order valence-corrected chi connectivity index (χ4v) is 2.14. The van der Waals surface area contributed by atoms with E-state index in [0.29, 0.717) is 12.2 Å². The predicted molar refractivity (Wildman–Crippen MR) is 89.0 cm³/mol. The number of aryl methyl sites for hydroxylation is 1. The van der Waals surface area contributed by atoms with E-state index in [1.165, 1.54) is 17.7 Å². The minimum absolute atomic E-state index is 0.219. The Hall–Kier alpha value is -2.50. The Morgan fingerprint density at radius 1 is 0.958 bits per heavy atom. The van der Waals surface area contributed by atoms with Crippen LogP contribution in [0.5, 0.6) is 0 Å². The Balaban J connectivity index is 1.78. The molecule has 0 unspecified atom stereocenters. The molecule has 0 aliphatic carbocycles. The molecule has 0 radical (unpaired) electrons. The van der Waals surface area contributed by atoms with Gasteiger partial charge in [-0.05, 0) is 48.4 Å². The number of carbonyl (C=O) groups excluding carboxylic acids is 1. The first-order valence-corrected chi connectivity index (χ1v) is 7.68. The second-order valence-corrected chi connectivity index (χ2v) is 5.35. The smallest absolute Gasteiger partial charge is 0.385 e. The molecule has 0 saturated heterocycles. The van der Waals surface area contributed by atoms with Gasteiger partial charge < -0.3 is 10.6 Å². The number of carbonyl (C=O) groups is 1. The molecule has 0 saturated carbocycles. The third kappa shape index (κ3) is 5.30. The minimum atomic E-state index is -4.38. The van der Waals surface area contributed by atoms with Crippen LogP contribution in [0.15, 0.2) is 48.5 Å². The largest absolute Gasteiger partial charge is 0.416 e. The van der Waals surface area contributed by atoms with Gasteiger partial charge in [0.05, 0.1) is 5.56 Å². The average Bonchev–Trinajstić information content (AvgIpc) is 2.55. The highest BCUT2D eigenvalue weighted by Gasteiger charge is 2.29. The molecule has 0 aliphatic heterocycles. The van der Waals surface area contributed by atoms with Crippen LogP contribution in [0.4, 0.5) is 24.5 Å². The summed E-state index contributed by atoms with van der Waals surface area (Å²) in [6.07, 6.45) is -3.19. The van der Waals surface area contributed by atoms with E-state index < -0.39 is 11.7 Å². The maximum absolute atomic E-state index is 12.5. The summed E-state index contributed by atoms with van der Waals surface area (Å²) < 4.78 is 37.4. The molecule has 0 bridgehead atoms. The molecule has 0 spiro atoms. The van der Waals surface area contributed by atoms with E-state index in [4.69, 9.17) is 0 Å². The molecule has 3 nitrogen and oxygen atoms in total. The highest BCUT2D eigenvalue weighted by Crippen LogP contribution is 2.29. The van der Waals surface area contributed by atoms with Crippen molar-refractivity contribution in [3.63, 3.8) is 0 Å². The predicted octanol–water partition coefficient (Wildman–Crippen LogP) is 4.71. The summed E-state index contributed by atoms with van der Waals surface area (Å²) in [6, 6.07) is 12.3. The van der Waals surface area contributed by atoms with E-state index in [1.807, 2.05) is 24.3 Å². The van der Waals surface area contributed by atoms with E-state index in [1.54, 1.807) is 0 Å². The van der Waals surface area contributed by atoms with E-state index in [2.05, 4.69) is 17.6 Å². The number of nitrogens with one attached hydrogen (secondary N) is 2. The van der Waals surface area contributed by atoms with Crippen LogP contribution in [0.2, 0.25) is 0 Å². The summed E-state index contributed by atoms with van der Waals surface area (Å²) in [4.78, 5) is 11.8. The summed E-state index contributed by atoms with van der Waals surface area (Å²) >= 11 is 0. The second-order valence-electron chi connectivity index (χ2n) is 5.35. The summed E-state index contributed by atoms with van der Waals surface area (Å²) in [6.45, 7) is 2.52. The fraction of sp³-hybridized carbons (Fsp3) is 0.278. The van der Waals surface area contributed by atoms with Crippen molar-refractivity contribution in [1.82, 2.24) is 0 Å². The van der Waals surface area contributed by atoms with Crippen molar-refractivity contribution in [1.29, 1.82) is 0 Å². The molecule has 1 amide bonds. The number of alkyl halides is 3. The number of benzene rings is 2. The molecule has 0 aromatic heterocycles. The van der Waals surface area contributed by atoms with Crippen LogP contribution in [0.3, 0.4) is 0 Å². The lowest BCUT2D eigenvalue weighted by Gasteiger charge is -2.10. The molecule has 24 heavy (non-hydrogen) atoms. The zero-order valence-corrected chi connectivity index (χ0v) is 13.3. The van der Waals surface area contributed by atoms with Crippen LogP contribution in [0.25, 0.3) is 0 Å². The van der Waals surface area contributed by atoms with Crippen LogP contribution in [-0.2, 0) is 17.4 Å². The molecule has 2 N–H and O–H groups in total. The maximum atomic E-state index is 12.5. The highest BCUT2D eigenvalue weighted by molar-refractivity contribution is 5.91. The molecule has 0 atom stereocenters. The molecule has 2 aromatic rings. The van der Waals surface area contributed by atoms with Crippen molar-refractivity contribution in [3.8, 4) is 0 Å². The Bertz CT molecular complexity index is 664. The van der Waals surface area contributed by atoms with Gasteiger partial charge in [-0.1, -0.05) is 19.1 Å². The van der Waals surface area contributed by atoms with Gasteiger partial charge in [0.1, 0.15) is 0 Å². The first-order valence-electron chi connectivity index (χ1n) is 7.68. The summed E-state index contributed by atoms with van der Waals surface area (Å²) in [5, 5.41) is 5.71. The van der Waals surface area contributed by atoms with E-state index in [0.717, 1.165) is 24.2 Å². The third-order valence-corrected chi connectivity index (χ3v) is 3.54. The second kappa shape index (κ2) is 7.86. The van der Waals surface area contributed by atoms with Gasteiger partial charge in [-0.25, -0.2) is 0 Å². The van der Waals surface area contributed by atoms with Crippen molar-refractivity contribution in [2.24, 2.45) is 0 Å². The van der Waals surface area contributed by atoms with Gasteiger partial charge in [0.15, 0.2) is 0 Å².